The monoisotopic (exact) mass is 493 g/mol. The van der Waals surface area contributed by atoms with Crippen molar-refractivity contribution in [1.29, 1.82) is 0 Å². The third kappa shape index (κ3) is 4.88. The van der Waals surface area contributed by atoms with E-state index in [1.54, 1.807) is 11.1 Å². The zero-order chi connectivity index (χ0) is 25.5. The molecule has 0 unspecified atom stereocenters. The molecule has 186 valence electrons. The lowest BCUT2D eigenvalue weighted by Crippen LogP contribution is -2.42. The number of anilines is 1. The average Bonchev–Trinajstić information content (AvgIpc) is 3.49. The Morgan fingerprint density at radius 1 is 1.17 bits per heavy atom. The van der Waals surface area contributed by atoms with Gasteiger partial charge in [0.1, 0.15) is 12.9 Å². The number of imidazole rings is 1. The number of halogens is 4. The predicted molar refractivity (Wildman–Crippen MR) is 116 cm³/mol. The lowest BCUT2D eigenvalue weighted by molar-refractivity contribution is -0.141. The number of pyridine rings is 1. The standard InChI is InChI=1S/C22H23F4N7O2/c1-13-7-16(22(24,25)26)30-33(13)11-18(34)29-14-8-15(23)20(27-9-14)31-10-17(28-12-31)21(2,3)32-6-4-5-19(32)35/h7-10,12H,4-6,11H2,1-3H3,(H,29,34). The molecular weight excluding hydrogens is 470 g/mol. The number of nitrogens with zero attached hydrogens (tertiary/aromatic N) is 6. The number of aryl methyl sites for hydroxylation is 1. The van der Waals surface area contributed by atoms with Crippen LogP contribution in [0.5, 0.6) is 0 Å². The first kappa shape index (κ1) is 24.4. The maximum absolute atomic E-state index is 14.8. The molecule has 2 amide bonds. The normalized spacial score (nSPS) is 14.6. The quantitative estimate of drug-likeness (QED) is 0.531. The molecule has 1 saturated heterocycles. The van der Waals surface area contributed by atoms with E-state index in [0.717, 1.165) is 23.2 Å². The van der Waals surface area contributed by atoms with Crippen LogP contribution < -0.4 is 5.32 Å². The number of alkyl halides is 3. The smallest absolute Gasteiger partial charge is 0.332 e. The Hall–Kier alpha value is -3.77. The SMILES string of the molecule is Cc1cc(C(F)(F)F)nn1CC(=O)Nc1cnc(-n2cnc(C(C)(C)N3CCCC3=O)c2)c(F)c1. The van der Waals surface area contributed by atoms with Gasteiger partial charge in [0, 0.05) is 30.9 Å². The van der Waals surface area contributed by atoms with E-state index < -0.39 is 35.7 Å². The third-order valence-corrected chi connectivity index (χ3v) is 5.87. The van der Waals surface area contributed by atoms with Gasteiger partial charge in [-0.15, -0.1) is 0 Å². The summed E-state index contributed by atoms with van der Waals surface area (Å²) in [5.41, 5.74) is -1.03. The molecule has 3 aromatic heterocycles. The summed E-state index contributed by atoms with van der Waals surface area (Å²) in [6.45, 7) is 5.26. The van der Waals surface area contributed by atoms with Crippen LogP contribution in [0.4, 0.5) is 23.2 Å². The van der Waals surface area contributed by atoms with Crippen molar-refractivity contribution in [1.82, 2.24) is 29.2 Å². The number of hydrogen-bond acceptors (Lipinski definition) is 5. The van der Waals surface area contributed by atoms with Crippen molar-refractivity contribution in [2.24, 2.45) is 0 Å². The first-order valence-corrected chi connectivity index (χ1v) is 10.8. The van der Waals surface area contributed by atoms with Crippen molar-refractivity contribution in [2.75, 3.05) is 11.9 Å². The molecule has 3 aromatic rings. The van der Waals surface area contributed by atoms with E-state index in [-0.39, 0.29) is 23.1 Å². The van der Waals surface area contributed by atoms with Crippen LogP contribution in [0.25, 0.3) is 5.82 Å². The zero-order valence-corrected chi connectivity index (χ0v) is 19.2. The molecule has 1 N–H and O–H groups in total. The molecule has 9 nitrogen and oxygen atoms in total. The number of hydrogen-bond donors (Lipinski definition) is 1. The highest BCUT2D eigenvalue weighted by atomic mass is 19.4. The summed E-state index contributed by atoms with van der Waals surface area (Å²) in [4.78, 5) is 34.6. The van der Waals surface area contributed by atoms with Gasteiger partial charge in [0.25, 0.3) is 0 Å². The molecule has 0 saturated carbocycles. The topological polar surface area (TPSA) is 97.9 Å². The Bertz CT molecular complexity index is 1280. The van der Waals surface area contributed by atoms with Crippen molar-refractivity contribution in [3.05, 3.63) is 53.8 Å². The minimum atomic E-state index is -4.62. The first-order valence-electron chi connectivity index (χ1n) is 10.8. The lowest BCUT2D eigenvalue weighted by atomic mass is 9.99. The average molecular weight is 493 g/mol. The molecule has 0 aliphatic carbocycles. The minimum absolute atomic E-state index is 0.0282. The number of aromatic nitrogens is 5. The zero-order valence-electron chi connectivity index (χ0n) is 19.2. The van der Waals surface area contributed by atoms with Crippen molar-refractivity contribution >= 4 is 17.5 Å². The van der Waals surface area contributed by atoms with Crippen molar-refractivity contribution in [2.45, 2.75) is 51.9 Å². The van der Waals surface area contributed by atoms with E-state index >= 15 is 0 Å². The van der Waals surface area contributed by atoms with E-state index in [1.807, 2.05) is 13.8 Å². The summed E-state index contributed by atoms with van der Waals surface area (Å²) in [6, 6.07) is 1.88. The highest BCUT2D eigenvalue weighted by molar-refractivity contribution is 5.90. The number of rotatable bonds is 6. The van der Waals surface area contributed by atoms with Crippen LogP contribution in [0.2, 0.25) is 0 Å². The molecule has 1 fully saturated rings. The van der Waals surface area contributed by atoms with Crippen molar-refractivity contribution in [3.8, 4) is 5.82 Å². The van der Waals surface area contributed by atoms with Gasteiger partial charge in [-0.2, -0.15) is 18.3 Å². The summed E-state index contributed by atoms with van der Waals surface area (Å²) in [6.07, 6.45) is 0.838. The summed E-state index contributed by atoms with van der Waals surface area (Å²) >= 11 is 0. The van der Waals surface area contributed by atoms with Gasteiger partial charge >= 0.3 is 6.18 Å². The molecule has 4 heterocycles. The van der Waals surface area contributed by atoms with Gasteiger partial charge in [0.05, 0.1) is 23.1 Å². The first-order chi connectivity index (χ1) is 16.4. The fraction of sp³-hybridized carbons (Fsp3) is 0.409. The molecular formula is C22H23F4N7O2. The van der Waals surface area contributed by atoms with Crippen LogP contribution in [0, 0.1) is 12.7 Å². The Balaban J connectivity index is 1.46. The molecule has 13 heteroatoms. The number of likely N-dealkylation sites (tertiary alicyclic amines) is 1. The molecule has 0 aromatic carbocycles. The van der Waals surface area contributed by atoms with Crippen molar-refractivity contribution in [3.63, 3.8) is 0 Å². The maximum atomic E-state index is 14.8. The predicted octanol–water partition coefficient (Wildman–Crippen LogP) is 3.43. The Labute approximate surface area is 197 Å². The Kier molecular flexibility index (Phi) is 6.11. The van der Waals surface area contributed by atoms with Crippen LogP contribution in [-0.4, -0.2) is 47.6 Å². The molecule has 1 aliphatic rings. The van der Waals surface area contributed by atoms with Crippen LogP contribution in [-0.2, 0) is 27.8 Å². The fourth-order valence-corrected chi connectivity index (χ4v) is 3.97. The number of amides is 2. The second-order valence-corrected chi connectivity index (χ2v) is 8.78. The lowest BCUT2D eigenvalue weighted by Gasteiger charge is -2.34. The molecule has 0 spiro atoms. The molecule has 35 heavy (non-hydrogen) atoms. The van der Waals surface area contributed by atoms with E-state index in [2.05, 4.69) is 20.4 Å². The Morgan fingerprint density at radius 2 is 1.91 bits per heavy atom. The minimum Gasteiger partial charge on any atom is -0.332 e. The molecule has 1 aliphatic heterocycles. The third-order valence-electron chi connectivity index (χ3n) is 5.87. The number of nitrogens with one attached hydrogen (secondary N) is 1. The molecule has 0 atom stereocenters. The molecule has 0 radical (unpaired) electrons. The van der Waals surface area contributed by atoms with Gasteiger partial charge in [-0.05, 0) is 33.3 Å². The van der Waals surface area contributed by atoms with Crippen LogP contribution in [0.3, 0.4) is 0 Å². The summed E-state index contributed by atoms with van der Waals surface area (Å²) in [7, 11) is 0. The number of carbonyl (C=O) groups is 2. The highest BCUT2D eigenvalue weighted by Gasteiger charge is 2.37. The second kappa shape index (κ2) is 8.78. The van der Waals surface area contributed by atoms with Crippen molar-refractivity contribution < 1.29 is 27.2 Å². The maximum Gasteiger partial charge on any atom is 0.435 e. The van der Waals surface area contributed by atoms with Gasteiger partial charge in [0.15, 0.2) is 17.3 Å². The van der Waals surface area contributed by atoms with Gasteiger partial charge in [-0.25, -0.2) is 14.4 Å². The largest absolute Gasteiger partial charge is 0.435 e. The van der Waals surface area contributed by atoms with Crippen LogP contribution in [0.15, 0.2) is 30.9 Å². The van der Waals surface area contributed by atoms with Crippen LogP contribution in [0.1, 0.15) is 43.8 Å². The second-order valence-electron chi connectivity index (χ2n) is 8.78. The van der Waals surface area contributed by atoms with E-state index in [4.69, 9.17) is 0 Å². The molecule has 0 bridgehead atoms. The van der Waals surface area contributed by atoms with E-state index in [1.165, 1.54) is 24.0 Å². The van der Waals surface area contributed by atoms with Gasteiger partial charge in [0.2, 0.25) is 11.8 Å². The van der Waals surface area contributed by atoms with Gasteiger partial charge < -0.3 is 10.2 Å². The molecule has 4 rings (SSSR count). The van der Waals surface area contributed by atoms with Gasteiger partial charge in [-0.1, -0.05) is 0 Å². The van der Waals surface area contributed by atoms with Crippen LogP contribution >= 0.6 is 0 Å². The van der Waals surface area contributed by atoms with E-state index in [9.17, 15) is 27.2 Å². The number of carbonyl (C=O) groups excluding carboxylic acids is 2. The highest BCUT2D eigenvalue weighted by Crippen LogP contribution is 2.31. The van der Waals surface area contributed by atoms with Gasteiger partial charge in [-0.3, -0.25) is 18.8 Å². The Morgan fingerprint density at radius 3 is 2.51 bits per heavy atom. The summed E-state index contributed by atoms with van der Waals surface area (Å²) in [5, 5.41) is 5.80. The fourth-order valence-electron chi connectivity index (χ4n) is 3.97. The summed E-state index contributed by atoms with van der Waals surface area (Å²) < 4.78 is 55.5. The summed E-state index contributed by atoms with van der Waals surface area (Å²) in [5.74, 6) is -1.48. The van der Waals surface area contributed by atoms with E-state index in [0.29, 0.717) is 18.7 Å².